The van der Waals surface area contributed by atoms with Crippen LogP contribution in [0, 0.1) is 10.5 Å². The molecule has 1 fully saturated rings. The summed E-state index contributed by atoms with van der Waals surface area (Å²) >= 11 is 2.19. The molecule has 1 atom stereocenters. The third-order valence-electron chi connectivity index (χ3n) is 3.12. The summed E-state index contributed by atoms with van der Waals surface area (Å²) in [6, 6.07) is 5.86. The minimum absolute atomic E-state index is 0.0475. The third-order valence-corrected chi connectivity index (χ3v) is 4.02. The van der Waals surface area contributed by atoms with Crippen LogP contribution in [0.25, 0.3) is 0 Å². The lowest BCUT2D eigenvalue weighted by atomic mass is 10.0. The first-order chi connectivity index (χ1) is 8.09. The van der Waals surface area contributed by atoms with Gasteiger partial charge in [-0.05, 0) is 54.0 Å². The molecule has 2 rings (SSSR count). The summed E-state index contributed by atoms with van der Waals surface area (Å²) in [5, 5.41) is 9.62. The molecule has 0 saturated carbocycles. The number of hydrogen-bond donors (Lipinski definition) is 1. The molecule has 92 valence electrons. The number of β-amino-alcohol motifs (C(OH)–C–C–N with tert-alkyl or cyclic N) is 1. The van der Waals surface area contributed by atoms with E-state index in [2.05, 4.69) is 22.6 Å². The summed E-state index contributed by atoms with van der Waals surface area (Å²) in [6.45, 7) is 3.17. The Kier molecular flexibility index (Phi) is 4.04. The van der Waals surface area contributed by atoms with Gasteiger partial charge < -0.3 is 10.0 Å². The Morgan fingerprint density at radius 2 is 2.29 bits per heavy atom. The van der Waals surface area contributed by atoms with Crippen molar-refractivity contribution in [2.24, 2.45) is 0 Å². The van der Waals surface area contributed by atoms with Gasteiger partial charge in [-0.2, -0.15) is 0 Å². The van der Waals surface area contributed by atoms with Crippen molar-refractivity contribution >= 4 is 28.5 Å². The van der Waals surface area contributed by atoms with Crippen LogP contribution in [0.4, 0.5) is 0 Å². The first kappa shape index (κ1) is 12.8. The number of amides is 1. The molecule has 4 heteroatoms. The molecule has 1 heterocycles. The number of aliphatic hydroxyl groups excluding tert-OH is 1. The van der Waals surface area contributed by atoms with Gasteiger partial charge in [-0.3, -0.25) is 4.79 Å². The lowest BCUT2D eigenvalue weighted by Crippen LogP contribution is -2.42. The Labute approximate surface area is 115 Å². The second-order valence-electron chi connectivity index (χ2n) is 4.48. The summed E-state index contributed by atoms with van der Waals surface area (Å²) in [7, 11) is 0. The van der Waals surface area contributed by atoms with Crippen molar-refractivity contribution in [2.75, 3.05) is 13.1 Å². The van der Waals surface area contributed by atoms with Crippen LogP contribution in [0.5, 0.6) is 0 Å². The zero-order chi connectivity index (χ0) is 12.4. The maximum absolute atomic E-state index is 12.4. The highest BCUT2D eigenvalue weighted by molar-refractivity contribution is 14.1. The van der Waals surface area contributed by atoms with Crippen molar-refractivity contribution in [3.05, 3.63) is 32.9 Å². The van der Waals surface area contributed by atoms with Gasteiger partial charge in [0.2, 0.25) is 0 Å². The molecule has 1 unspecified atom stereocenters. The van der Waals surface area contributed by atoms with E-state index in [1.165, 1.54) is 0 Å². The van der Waals surface area contributed by atoms with Crippen LogP contribution < -0.4 is 0 Å². The number of hydrogen-bond acceptors (Lipinski definition) is 2. The highest BCUT2D eigenvalue weighted by atomic mass is 127. The maximum Gasteiger partial charge on any atom is 0.255 e. The van der Waals surface area contributed by atoms with Crippen LogP contribution in [0.3, 0.4) is 0 Å². The second-order valence-corrected chi connectivity index (χ2v) is 5.64. The molecule has 1 aliphatic heterocycles. The summed E-state index contributed by atoms with van der Waals surface area (Å²) in [5.74, 6) is 0.0475. The minimum atomic E-state index is -0.366. The molecule has 1 amide bonds. The topological polar surface area (TPSA) is 40.5 Å². The SMILES string of the molecule is Cc1cccc(I)c1C(=O)N1CCCC(O)C1. The number of nitrogens with zero attached hydrogens (tertiary/aromatic N) is 1. The van der Waals surface area contributed by atoms with Crippen LogP contribution in [0.15, 0.2) is 18.2 Å². The standard InChI is InChI=1S/C13H16INO2/c1-9-4-2-6-11(14)12(9)13(17)15-7-3-5-10(16)8-15/h2,4,6,10,16H,3,5,7-8H2,1H3. The molecule has 17 heavy (non-hydrogen) atoms. The van der Waals surface area contributed by atoms with Gasteiger partial charge in [0.15, 0.2) is 0 Å². The van der Waals surface area contributed by atoms with Crippen molar-refractivity contribution in [2.45, 2.75) is 25.9 Å². The van der Waals surface area contributed by atoms with Gasteiger partial charge in [0, 0.05) is 16.7 Å². The molecule has 1 aromatic carbocycles. The van der Waals surface area contributed by atoms with Crippen molar-refractivity contribution < 1.29 is 9.90 Å². The lowest BCUT2D eigenvalue weighted by molar-refractivity contribution is 0.0472. The molecular weight excluding hydrogens is 329 g/mol. The Balaban J connectivity index is 2.24. The highest BCUT2D eigenvalue weighted by Gasteiger charge is 2.25. The van der Waals surface area contributed by atoms with Gasteiger partial charge in [0.05, 0.1) is 11.7 Å². The van der Waals surface area contributed by atoms with Crippen molar-refractivity contribution in [1.29, 1.82) is 0 Å². The van der Waals surface area contributed by atoms with Gasteiger partial charge in [-0.1, -0.05) is 12.1 Å². The van der Waals surface area contributed by atoms with E-state index >= 15 is 0 Å². The number of piperidine rings is 1. The van der Waals surface area contributed by atoms with Crippen LogP contribution in [-0.2, 0) is 0 Å². The van der Waals surface area contributed by atoms with Crippen LogP contribution >= 0.6 is 22.6 Å². The molecule has 1 aliphatic rings. The minimum Gasteiger partial charge on any atom is -0.391 e. The van der Waals surface area contributed by atoms with E-state index in [-0.39, 0.29) is 12.0 Å². The molecule has 1 N–H and O–H groups in total. The predicted molar refractivity (Wildman–Crippen MR) is 75.0 cm³/mol. The maximum atomic E-state index is 12.4. The Morgan fingerprint density at radius 3 is 2.94 bits per heavy atom. The third kappa shape index (κ3) is 2.80. The van der Waals surface area contributed by atoms with E-state index < -0.39 is 0 Å². The molecular formula is C13H16INO2. The number of carbonyl (C=O) groups excluding carboxylic acids is 1. The first-order valence-corrected chi connectivity index (χ1v) is 6.90. The fourth-order valence-electron chi connectivity index (χ4n) is 2.20. The van der Waals surface area contributed by atoms with Crippen LogP contribution in [0.2, 0.25) is 0 Å². The van der Waals surface area contributed by atoms with E-state index in [0.717, 1.165) is 34.1 Å². The molecule has 1 saturated heterocycles. The Morgan fingerprint density at radius 1 is 1.53 bits per heavy atom. The largest absolute Gasteiger partial charge is 0.391 e. The first-order valence-electron chi connectivity index (χ1n) is 5.82. The molecule has 0 bridgehead atoms. The molecule has 0 aromatic heterocycles. The summed E-state index contributed by atoms with van der Waals surface area (Å²) in [6.07, 6.45) is 1.32. The smallest absolute Gasteiger partial charge is 0.255 e. The number of carbonyl (C=O) groups is 1. The van der Waals surface area contributed by atoms with E-state index in [1.807, 2.05) is 25.1 Å². The van der Waals surface area contributed by atoms with Crippen LogP contribution in [-0.4, -0.2) is 35.1 Å². The zero-order valence-electron chi connectivity index (χ0n) is 9.82. The Bertz CT molecular complexity index is 413. The fraction of sp³-hybridized carbons (Fsp3) is 0.462. The Hall–Kier alpha value is -0.620. The number of halogens is 1. The van der Waals surface area contributed by atoms with Gasteiger partial charge in [0.25, 0.3) is 5.91 Å². The molecule has 0 aliphatic carbocycles. The molecule has 3 nitrogen and oxygen atoms in total. The lowest BCUT2D eigenvalue weighted by Gasteiger charge is -2.30. The molecule has 0 spiro atoms. The van der Waals surface area contributed by atoms with E-state index in [9.17, 15) is 9.90 Å². The number of likely N-dealkylation sites (tertiary alicyclic amines) is 1. The van der Waals surface area contributed by atoms with E-state index in [0.29, 0.717) is 6.54 Å². The number of benzene rings is 1. The summed E-state index contributed by atoms with van der Waals surface area (Å²) < 4.78 is 0.979. The van der Waals surface area contributed by atoms with Crippen LogP contribution in [0.1, 0.15) is 28.8 Å². The van der Waals surface area contributed by atoms with E-state index in [4.69, 9.17) is 0 Å². The number of rotatable bonds is 1. The predicted octanol–water partition coefficient (Wildman–Crippen LogP) is 2.20. The van der Waals surface area contributed by atoms with Crippen molar-refractivity contribution in [3.63, 3.8) is 0 Å². The monoisotopic (exact) mass is 345 g/mol. The van der Waals surface area contributed by atoms with Crippen molar-refractivity contribution in [1.82, 2.24) is 4.90 Å². The summed E-state index contributed by atoms with van der Waals surface area (Å²) in [4.78, 5) is 14.2. The van der Waals surface area contributed by atoms with Gasteiger partial charge in [0.1, 0.15) is 0 Å². The average Bonchev–Trinajstić information content (AvgIpc) is 2.28. The normalized spacial score (nSPS) is 20.4. The van der Waals surface area contributed by atoms with Gasteiger partial charge >= 0.3 is 0 Å². The second kappa shape index (κ2) is 5.35. The highest BCUT2D eigenvalue weighted by Crippen LogP contribution is 2.20. The van der Waals surface area contributed by atoms with Crippen molar-refractivity contribution in [3.8, 4) is 0 Å². The quantitative estimate of drug-likeness (QED) is 0.793. The zero-order valence-corrected chi connectivity index (χ0v) is 12.0. The number of aliphatic hydroxyl groups is 1. The molecule has 0 radical (unpaired) electrons. The van der Waals surface area contributed by atoms with E-state index in [1.54, 1.807) is 4.90 Å². The fourth-order valence-corrected chi connectivity index (χ4v) is 3.06. The van der Waals surface area contributed by atoms with Gasteiger partial charge in [-0.25, -0.2) is 0 Å². The number of aryl methyl sites for hydroxylation is 1. The average molecular weight is 345 g/mol. The summed E-state index contributed by atoms with van der Waals surface area (Å²) in [5.41, 5.74) is 1.78. The molecule has 1 aromatic rings. The van der Waals surface area contributed by atoms with Gasteiger partial charge in [-0.15, -0.1) is 0 Å².